The molecule has 1 N–H and O–H groups in total. The third-order valence-corrected chi connectivity index (χ3v) is 2.56. The Morgan fingerprint density at radius 1 is 1.28 bits per heavy atom. The summed E-state index contributed by atoms with van der Waals surface area (Å²) in [7, 11) is 1.79. The van der Waals surface area contributed by atoms with E-state index in [1.807, 2.05) is 30.3 Å². The second kappa shape index (κ2) is 8.95. The number of esters is 1. The van der Waals surface area contributed by atoms with Crippen LogP contribution in [0.25, 0.3) is 0 Å². The summed E-state index contributed by atoms with van der Waals surface area (Å²) in [6.45, 7) is 4.53. The van der Waals surface area contributed by atoms with Crippen molar-refractivity contribution in [3.05, 3.63) is 35.9 Å². The van der Waals surface area contributed by atoms with E-state index >= 15 is 0 Å². The Hall–Kier alpha value is -1.06. The molecule has 1 atom stereocenters. The summed E-state index contributed by atoms with van der Waals surface area (Å²) in [6, 6.07) is 9.51. The highest BCUT2D eigenvalue weighted by molar-refractivity contribution is 5.85. The van der Waals surface area contributed by atoms with E-state index in [1.54, 1.807) is 7.05 Å². The standard InChI is InChI=1S/C14H21NO2.ClH/c1-11(2)9-13(15-3)14(16)17-10-12-7-5-4-6-8-12;/h4-8,11,13,15H,9-10H2,1-3H3;1H/t13-;/m1./s1. The fourth-order valence-corrected chi connectivity index (χ4v) is 1.63. The van der Waals surface area contributed by atoms with Gasteiger partial charge in [-0.15, -0.1) is 12.4 Å². The van der Waals surface area contributed by atoms with Gasteiger partial charge in [-0.1, -0.05) is 44.2 Å². The van der Waals surface area contributed by atoms with Crippen LogP contribution in [0.15, 0.2) is 30.3 Å². The van der Waals surface area contributed by atoms with Gasteiger partial charge in [0.1, 0.15) is 12.6 Å². The Morgan fingerprint density at radius 3 is 2.39 bits per heavy atom. The first-order chi connectivity index (χ1) is 8.13. The zero-order valence-electron chi connectivity index (χ0n) is 11.2. The number of rotatable bonds is 6. The molecule has 1 rings (SSSR count). The molecule has 0 fully saturated rings. The van der Waals surface area contributed by atoms with E-state index < -0.39 is 0 Å². The topological polar surface area (TPSA) is 38.3 Å². The van der Waals surface area contributed by atoms with Crippen LogP contribution in [0.3, 0.4) is 0 Å². The average molecular weight is 272 g/mol. The zero-order valence-corrected chi connectivity index (χ0v) is 12.0. The lowest BCUT2D eigenvalue weighted by Crippen LogP contribution is -2.36. The van der Waals surface area contributed by atoms with Crippen molar-refractivity contribution < 1.29 is 9.53 Å². The SMILES string of the molecule is CN[C@H](CC(C)C)C(=O)OCc1ccccc1.Cl. The summed E-state index contributed by atoms with van der Waals surface area (Å²) >= 11 is 0. The van der Waals surface area contributed by atoms with Gasteiger partial charge in [-0.25, -0.2) is 0 Å². The van der Waals surface area contributed by atoms with E-state index in [0.717, 1.165) is 12.0 Å². The summed E-state index contributed by atoms with van der Waals surface area (Å²) in [5.74, 6) is 0.293. The van der Waals surface area contributed by atoms with Crippen molar-refractivity contribution in [3.63, 3.8) is 0 Å². The molecule has 0 aromatic heterocycles. The van der Waals surface area contributed by atoms with Crippen molar-refractivity contribution in [2.24, 2.45) is 5.92 Å². The van der Waals surface area contributed by atoms with Crippen molar-refractivity contribution >= 4 is 18.4 Å². The smallest absolute Gasteiger partial charge is 0.323 e. The summed E-state index contributed by atoms with van der Waals surface area (Å²) in [5.41, 5.74) is 1.01. The van der Waals surface area contributed by atoms with Crippen molar-refractivity contribution in [2.45, 2.75) is 32.9 Å². The molecule has 102 valence electrons. The first kappa shape index (κ1) is 16.9. The molecule has 0 aliphatic rings. The van der Waals surface area contributed by atoms with Crippen LogP contribution in [-0.4, -0.2) is 19.1 Å². The summed E-state index contributed by atoms with van der Waals surface area (Å²) in [6.07, 6.45) is 0.796. The molecule has 0 aliphatic carbocycles. The monoisotopic (exact) mass is 271 g/mol. The zero-order chi connectivity index (χ0) is 12.7. The number of likely N-dealkylation sites (N-methyl/N-ethyl adjacent to an activating group) is 1. The molecular weight excluding hydrogens is 250 g/mol. The van der Waals surface area contributed by atoms with Crippen LogP contribution in [0, 0.1) is 5.92 Å². The van der Waals surface area contributed by atoms with Gasteiger partial charge in [-0.2, -0.15) is 0 Å². The predicted molar refractivity (Wildman–Crippen MR) is 75.8 cm³/mol. The van der Waals surface area contributed by atoms with E-state index in [0.29, 0.717) is 12.5 Å². The third-order valence-electron chi connectivity index (χ3n) is 2.56. The van der Waals surface area contributed by atoms with Crippen LogP contribution in [0.5, 0.6) is 0 Å². The Balaban J connectivity index is 0.00000289. The Bertz CT molecular complexity index is 341. The lowest BCUT2D eigenvalue weighted by Gasteiger charge is -2.17. The van der Waals surface area contributed by atoms with E-state index in [4.69, 9.17) is 4.74 Å². The van der Waals surface area contributed by atoms with Gasteiger partial charge in [0, 0.05) is 0 Å². The second-order valence-corrected chi connectivity index (χ2v) is 4.56. The highest BCUT2D eigenvalue weighted by Crippen LogP contribution is 2.08. The van der Waals surface area contributed by atoms with Gasteiger partial charge in [-0.05, 0) is 24.9 Å². The fourth-order valence-electron chi connectivity index (χ4n) is 1.63. The van der Waals surface area contributed by atoms with Crippen molar-refractivity contribution in [1.29, 1.82) is 0 Å². The molecule has 4 heteroatoms. The van der Waals surface area contributed by atoms with Crippen LogP contribution >= 0.6 is 12.4 Å². The predicted octanol–water partition coefficient (Wildman–Crippen LogP) is 2.79. The number of halogens is 1. The van der Waals surface area contributed by atoms with E-state index in [9.17, 15) is 4.79 Å². The second-order valence-electron chi connectivity index (χ2n) is 4.56. The maximum atomic E-state index is 11.8. The minimum Gasteiger partial charge on any atom is -0.460 e. The number of carbonyl (C=O) groups is 1. The van der Waals surface area contributed by atoms with Crippen molar-refractivity contribution in [1.82, 2.24) is 5.32 Å². The Labute approximate surface area is 115 Å². The molecule has 0 unspecified atom stereocenters. The van der Waals surface area contributed by atoms with Crippen LogP contribution in [0.1, 0.15) is 25.8 Å². The number of benzene rings is 1. The maximum Gasteiger partial charge on any atom is 0.323 e. The molecule has 0 bridgehead atoms. The van der Waals surface area contributed by atoms with Gasteiger partial charge in [0.25, 0.3) is 0 Å². The molecule has 0 radical (unpaired) electrons. The lowest BCUT2D eigenvalue weighted by atomic mass is 10.0. The molecule has 0 heterocycles. The quantitative estimate of drug-likeness (QED) is 0.809. The van der Waals surface area contributed by atoms with Gasteiger partial charge >= 0.3 is 5.97 Å². The van der Waals surface area contributed by atoms with E-state index in [1.165, 1.54) is 0 Å². The van der Waals surface area contributed by atoms with Gasteiger partial charge in [0.05, 0.1) is 0 Å². The highest BCUT2D eigenvalue weighted by atomic mass is 35.5. The van der Waals surface area contributed by atoms with Crippen molar-refractivity contribution in [3.8, 4) is 0 Å². The van der Waals surface area contributed by atoms with Gasteiger partial charge in [0.2, 0.25) is 0 Å². The molecule has 18 heavy (non-hydrogen) atoms. The summed E-state index contributed by atoms with van der Waals surface area (Å²) in [5, 5.41) is 2.99. The molecule has 0 amide bonds. The molecule has 0 saturated heterocycles. The minimum absolute atomic E-state index is 0. The molecular formula is C14H22ClNO2. The molecule has 3 nitrogen and oxygen atoms in total. The number of carbonyl (C=O) groups excluding carboxylic acids is 1. The van der Waals surface area contributed by atoms with E-state index in [2.05, 4.69) is 19.2 Å². The minimum atomic E-state index is -0.210. The molecule has 1 aromatic rings. The average Bonchev–Trinajstić information content (AvgIpc) is 2.34. The third kappa shape index (κ3) is 6.03. The molecule has 1 aromatic carbocycles. The Kier molecular flexibility index (Phi) is 8.42. The number of hydrogen-bond donors (Lipinski definition) is 1. The van der Waals surface area contributed by atoms with Gasteiger partial charge in [0.15, 0.2) is 0 Å². The molecule has 0 saturated carbocycles. The Morgan fingerprint density at radius 2 is 1.89 bits per heavy atom. The van der Waals surface area contributed by atoms with Gasteiger partial charge in [-0.3, -0.25) is 4.79 Å². The van der Waals surface area contributed by atoms with E-state index in [-0.39, 0.29) is 24.4 Å². The van der Waals surface area contributed by atoms with Crippen LogP contribution in [0.4, 0.5) is 0 Å². The normalized spacial score (nSPS) is 11.8. The lowest BCUT2D eigenvalue weighted by molar-refractivity contribution is -0.147. The van der Waals surface area contributed by atoms with Crippen LogP contribution in [-0.2, 0) is 16.1 Å². The molecule has 0 aliphatic heterocycles. The number of ether oxygens (including phenoxy) is 1. The van der Waals surface area contributed by atoms with Crippen LogP contribution < -0.4 is 5.32 Å². The first-order valence-electron chi connectivity index (χ1n) is 6.01. The largest absolute Gasteiger partial charge is 0.460 e. The molecule has 0 spiro atoms. The van der Waals surface area contributed by atoms with Gasteiger partial charge < -0.3 is 10.1 Å². The fraction of sp³-hybridized carbons (Fsp3) is 0.500. The summed E-state index contributed by atoms with van der Waals surface area (Å²) < 4.78 is 5.28. The van der Waals surface area contributed by atoms with Crippen LogP contribution in [0.2, 0.25) is 0 Å². The maximum absolute atomic E-state index is 11.8. The number of nitrogens with one attached hydrogen (secondary N) is 1. The summed E-state index contributed by atoms with van der Waals surface area (Å²) in [4.78, 5) is 11.8. The first-order valence-corrected chi connectivity index (χ1v) is 6.01. The highest BCUT2D eigenvalue weighted by Gasteiger charge is 2.18. The number of hydrogen-bond acceptors (Lipinski definition) is 3. The van der Waals surface area contributed by atoms with Crippen molar-refractivity contribution in [2.75, 3.05) is 7.05 Å².